The van der Waals surface area contributed by atoms with E-state index in [-0.39, 0.29) is 11.3 Å². The Balaban J connectivity index is 2.98. The molecule has 0 aliphatic heterocycles. The van der Waals surface area contributed by atoms with Gasteiger partial charge < -0.3 is 24.3 Å². The fourth-order valence-corrected chi connectivity index (χ4v) is 1.78. The van der Waals surface area contributed by atoms with Gasteiger partial charge in [0.15, 0.2) is 17.6 Å². The first-order valence-corrected chi connectivity index (χ1v) is 6.88. The van der Waals surface area contributed by atoms with Crippen molar-refractivity contribution in [2.75, 3.05) is 27.9 Å². The van der Waals surface area contributed by atoms with Gasteiger partial charge in [-0.25, -0.2) is 4.79 Å². The highest BCUT2D eigenvalue weighted by molar-refractivity contribution is 5.95. The van der Waals surface area contributed by atoms with E-state index >= 15 is 0 Å². The summed E-state index contributed by atoms with van der Waals surface area (Å²) in [6, 6.07) is 2.95. The van der Waals surface area contributed by atoms with Gasteiger partial charge in [-0.15, -0.1) is 6.58 Å². The number of hydrogen-bond acceptors (Lipinski definition) is 6. The lowest BCUT2D eigenvalue weighted by Crippen LogP contribution is -2.35. The zero-order chi connectivity index (χ0) is 17.4. The number of ether oxygens (including phenoxy) is 4. The van der Waals surface area contributed by atoms with Crippen LogP contribution in [0, 0.1) is 0 Å². The second-order valence-electron chi connectivity index (χ2n) is 4.49. The van der Waals surface area contributed by atoms with E-state index < -0.39 is 18.0 Å². The van der Waals surface area contributed by atoms with Crippen LogP contribution in [0.25, 0.3) is 0 Å². The Morgan fingerprint density at radius 3 is 2.22 bits per heavy atom. The molecular weight excluding hydrogens is 302 g/mol. The summed E-state index contributed by atoms with van der Waals surface area (Å²) in [5, 5.41) is 2.55. The Labute approximate surface area is 135 Å². The quantitative estimate of drug-likeness (QED) is 0.577. The molecule has 1 aromatic rings. The average Bonchev–Trinajstić information content (AvgIpc) is 2.57. The van der Waals surface area contributed by atoms with E-state index in [2.05, 4.69) is 11.9 Å². The van der Waals surface area contributed by atoms with Crippen LogP contribution >= 0.6 is 0 Å². The van der Waals surface area contributed by atoms with Gasteiger partial charge in [0.1, 0.15) is 11.3 Å². The van der Waals surface area contributed by atoms with Gasteiger partial charge in [-0.3, -0.25) is 4.79 Å². The first kappa shape index (κ1) is 18.3. The van der Waals surface area contributed by atoms with Crippen LogP contribution in [0.4, 0.5) is 0 Å². The monoisotopic (exact) mass is 323 g/mol. The zero-order valence-corrected chi connectivity index (χ0v) is 13.7. The Kier molecular flexibility index (Phi) is 6.92. The molecule has 1 rings (SSSR count). The predicted molar refractivity (Wildman–Crippen MR) is 84.2 cm³/mol. The minimum absolute atomic E-state index is 0.133. The number of hydrogen-bond donors (Lipinski definition) is 1. The summed E-state index contributed by atoms with van der Waals surface area (Å²) >= 11 is 0. The standard InChI is InChI=1S/C16H21NO6/c1-6-7-17-15(18)10(2)23-16(19)11-8-13(21-4)14(22-5)9-12(11)20-3/h6,8-10H,1,7H2,2-5H3,(H,17,18). The maximum atomic E-state index is 12.3. The summed E-state index contributed by atoms with van der Waals surface area (Å²) in [6.07, 6.45) is 0.573. The number of carbonyl (C=O) groups excluding carboxylic acids is 2. The van der Waals surface area contributed by atoms with Crippen molar-refractivity contribution in [3.63, 3.8) is 0 Å². The lowest BCUT2D eigenvalue weighted by atomic mass is 10.1. The van der Waals surface area contributed by atoms with Gasteiger partial charge in [0.25, 0.3) is 5.91 Å². The summed E-state index contributed by atoms with van der Waals surface area (Å²) in [4.78, 5) is 24.0. The topological polar surface area (TPSA) is 83.1 Å². The number of methoxy groups -OCH3 is 3. The van der Waals surface area contributed by atoms with E-state index in [9.17, 15) is 9.59 Å². The highest BCUT2D eigenvalue weighted by atomic mass is 16.6. The van der Waals surface area contributed by atoms with Gasteiger partial charge in [-0.2, -0.15) is 0 Å². The van der Waals surface area contributed by atoms with Crippen LogP contribution in [-0.2, 0) is 9.53 Å². The lowest BCUT2D eigenvalue weighted by molar-refractivity contribution is -0.128. The first-order chi connectivity index (χ1) is 11.0. The molecule has 23 heavy (non-hydrogen) atoms. The van der Waals surface area contributed by atoms with Gasteiger partial charge in [-0.1, -0.05) is 6.08 Å². The SMILES string of the molecule is C=CCNC(=O)C(C)OC(=O)c1cc(OC)c(OC)cc1OC. The molecule has 1 aromatic carbocycles. The molecule has 0 aliphatic rings. The number of benzene rings is 1. The Morgan fingerprint density at radius 1 is 1.13 bits per heavy atom. The molecule has 0 fully saturated rings. The predicted octanol–water partition coefficient (Wildman–Crippen LogP) is 1.56. The van der Waals surface area contributed by atoms with Crippen molar-refractivity contribution < 1.29 is 28.5 Å². The van der Waals surface area contributed by atoms with Crippen LogP contribution in [0.1, 0.15) is 17.3 Å². The molecule has 7 heteroatoms. The summed E-state index contributed by atoms with van der Waals surface area (Å²) in [5.41, 5.74) is 0.133. The lowest BCUT2D eigenvalue weighted by Gasteiger charge is -2.16. The molecule has 1 atom stereocenters. The van der Waals surface area contributed by atoms with E-state index in [4.69, 9.17) is 18.9 Å². The van der Waals surface area contributed by atoms with Gasteiger partial charge >= 0.3 is 5.97 Å². The smallest absolute Gasteiger partial charge is 0.342 e. The molecule has 0 saturated carbocycles. The van der Waals surface area contributed by atoms with Crippen LogP contribution in [0.5, 0.6) is 17.2 Å². The molecule has 0 saturated heterocycles. The largest absolute Gasteiger partial charge is 0.496 e. The molecule has 0 aromatic heterocycles. The van der Waals surface area contributed by atoms with Crippen LogP contribution in [0.3, 0.4) is 0 Å². The summed E-state index contributed by atoms with van der Waals surface area (Å²) in [5.74, 6) is -0.102. The van der Waals surface area contributed by atoms with Crippen molar-refractivity contribution >= 4 is 11.9 Å². The molecule has 7 nitrogen and oxygen atoms in total. The fourth-order valence-electron chi connectivity index (χ4n) is 1.78. The maximum absolute atomic E-state index is 12.3. The van der Waals surface area contributed by atoms with E-state index in [1.807, 2.05) is 0 Å². The normalized spacial score (nSPS) is 11.1. The number of rotatable bonds is 8. The van der Waals surface area contributed by atoms with E-state index in [1.54, 1.807) is 0 Å². The average molecular weight is 323 g/mol. The molecule has 1 unspecified atom stereocenters. The highest BCUT2D eigenvalue weighted by Crippen LogP contribution is 2.35. The van der Waals surface area contributed by atoms with E-state index in [0.29, 0.717) is 18.0 Å². The number of carbonyl (C=O) groups is 2. The molecule has 0 radical (unpaired) electrons. The van der Waals surface area contributed by atoms with Crippen LogP contribution < -0.4 is 19.5 Å². The van der Waals surface area contributed by atoms with Crippen molar-refractivity contribution in [1.29, 1.82) is 0 Å². The molecular formula is C16H21NO6. The number of esters is 1. The third kappa shape index (κ3) is 4.64. The molecule has 126 valence electrons. The molecule has 0 heterocycles. The maximum Gasteiger partial charge on any atom is 0.342 e. The van der Waals surface area contributed by atoms with Crippen molar-refractivity contribution in [2.45, 2.75) is 13.0 Å². The Bertz CT molecular complexity index is 584. The third-order valence-electron chi connectivity index (χ3n) is 3.00. The third-order valence-corrected chi connectivity index (χ3v) is 3.00. The van der Waals surface area contributed by atoms with E-state index in [0.717, 1.165) is 0 Å². The zero-order valence-electron chi connectivity index (χ0n) is 13.7. The van der Waals surface area contributed by atoms with Crippen molar-refractivity contribution in [1.82, 2.24) is 5.32 Å². The molecule has 1 amide bonds. The number of amides is 1. The Morgan fingerprint density at radius 2 is 1.70 bits per heavy atom. The first-order valence-electron chi connectivity index (χ1n) is 6.88. The van der Waals surface area contributed by atoms with Crippen molar-refractivity contribution in [3.8, 4) is 17.2 Å². The minimum Gasteiger partial charge on any atom is -0.496 e. The van der Waals surface area contributed by atoms with Crippen molar-refractivity contribution in [3.05, 3.63) is 30.4 Å². The molecule has 0 spiro atoms. The second-order valence-corrected chi connectivity index (χ2v) is 4.49. The number of nitrogens with one attached hydrogen (secondary N) is 1. The summed E-state index contributed by atoms with van der Waals surface area (Å²) in [6.45, 7) is 5.26. The van der Waals surface area contributed by atoms with Gasteiger partial charge in [0.05, 0.1) is 21.3 Å². The van der Waals surface area contributed by atoms with Crippen LogP contribution in [0.2, 0.25) is 0 Å². The van der Waals surface area contributed by atoms with Crippen LogP contribution in [0.15, 0.2) is 24.8 Å². The molecule has 1 N–H and O–H groups in total. The van der Waals surface area contributed by atoms with E-state index in [1.165, 1.54) is 46.5 Å². The molecule has 0 bridgehead atoms. The summed E-state index contributed by atoms with van der Waals surface area (Å²) < 4.78 is 20.6. The molecule has 0 aliphatic carbocycles. The van der Waals surface area contributed by atoms with Crippen LogP contribution in [-0.4, -0.2) is 45.9 Å². The van der Waals surface area contributed by atoms with Gasteiger partial charge in [-0.05, 0) is 6.92 Å². The summed E-state index contributed by atoms with van der Waals surface area (Å²) in [7, 11) is 4.34. The second kappa shape index (κ2) is 8.67. The minimum atomic E-state index is -0.958. The van der Waals surface area contributed by atoms with Gasteiger partial charge in [0, 0.05) is 18.7 Å². The van der Waals surface area contributed by atoms with Gasteiger partial charge in [0.2, 0.25) is 0 Å². The Hall–Kier alpha value is -2.70. The van der Waals surface area contributed by atoms with Crippen molar-refractivity contribution in [2.24, 2.45) is 0 Å². The fraction of sp³-hybridized carbons (Fsp3) is 0.375. The highest BCUT2D eigenvalue weighted by Gasteiger charge is 2.23.